The molecule has 13 heavy (non-hydrogen) atoms. The van der Waals surface area contributed by atoms with Crippen molar-refractivity contribution in [3.63, 3.8) is 0 Å². The highest BCUT2D eigenvalue weighted by atomic mass is 19.4. The van der Waals surface area contributed by atoms with Gasteiger partial charge in [0.05, 0.1) is 5.92 Å². The lowest BCUT2D eigenvalue weighted by molar-refractivity contribution is -0.181. The smallest absolute Gasteiger partial charge is 0.427 e. The van der Waals surface area contributed by atoms with Crippen LogP contribution in [0.5, 0.6) is 0 Å². The molecule has 2 nitrogen and oxygen atoms in total. The first-order valence-corrected chi connectivity index (χ1v) is 4.34. The van der Waals surface area contributed by atoms with Crippen molar-refractivity contribution in [3.8, 4) is 0 Å². The van der Waals surface area contributed by atoms with E-state index in [4.69, 9.17) is 10.0 Å². The van der Waals surface area contributed by atoms with Crippen molar-refractivity contribution < 1.29 is 23.2 Å². The molecule has 1 aliphatic rings. The van der Waals surface area contributed by atoms with Crippen molar-refractivity contribution in [2.24, 2.45) is 5.92 Å². The van der Waals surface area contributed by atoms with E-state index in [1.54, 1.807) is 0 Å². The van der Waals surface area contributed by atoms with E-state index in [9.17, 15) is 13.2 Å². The van der Waals surface area contributed by atoms with Gasteiger partial charge in [-0.15, -0.1) is 0 Å². The van der Waals surface area contributed by atoms with E-state index in [1.165, 1.54) is 0 Å². The highest BCUT2D eigenvalue weighted by molar-refractivity contribution is 6.43. The van der Waals surface area contributed by atoms with Gasteiger partial charge in [-0.25, -0.2) is 0 Å². The maximum Gasteiger partial charge on any atom is 0.454 e. The Labute approximate surface area is 74.9 Å². The lowest BCUT2D eigenvalue weighted by Gasteiger charge is -2.29. The highest BCUT2D eigenvalue weighted by Crippen LogP contribution is 2.41. The molecule has 76 valence electrons. The number of alkyl halides is 3. The molecule has 0 unspecified atom stereocenters. The Bertz CT molecular complexity index is 164. The number of halogens is 3. The minimum atomic E-state index is -4.12. The summed E-state index contributed by atoms with van der Waals surface area (Å²) in [5.41, 5.74) is 0. The molecule has 0 aromatic heterocycles. The zero-order chi connectivity index (χ0) is 10.1. The third-order valence-electron chi connectivity index (χ3n) is 2.66. The van der Waals surface area contributed by atoms with E-state index in [-0.39, 0.29) is 31.5 Å². The van der Waals surface area contributed by atoms with Gasteiger partial charge in [-0.1, -0.05) is 12.8 Å². The molecule has 0 spiro atoms. The summed E-state index contributed by atoms with van der Waals surface area (Å²) in [7, 11) is -1.46. The molecule has 0 bridgehead atoms. The first kappa shape index (κ1) is 10.9. The quantitative estimate of drug-likeness (QED) is 0.625. The van der Waals surface area contributed by atoms with Crippen LogP contribution in [0.3, 0.4) is 0 Å². The van der Waals surface area contributed by atoms with Gasteiger partial charge in [0.2, 0.25) is 0 Å². The van der Waals surface area contributed by atoms with Crippen LogP contribution in [-0.4, -0.2) is 23.3 Å². The predicted octanol–water partition coefficient (Wildman–Crippen LogP) is 1.58. The molecule has 0 heterocycles. The van der Waals surface area contributed by atoms with Gasteiger partial charge in [-0.05, 0) is 18.7 Å². The average Bonchev–Trinajstić information content (AvgIpc) is 2.03. The molecule has 2 N–H and O–H groups in total. The van der Waals surface area contributed by atoms with Gasteiger partial charge >= 0.3 is 13.3 Å². The number of rotatable bonds is 1. The summed E-state index contributed by atoms with van der Waals surface area (Å²) in [4.78, 5) is 0. The van der Waals surface area contributed by atoms with Crippen LogP contribution in [0.1, 0.15) is 25.7 Å². The Hall–Kier alpha value is -0.225. The van der Waals surface area contributed by atoms with Crippen LogP contribution >= 0.6 is 0 Å². The lowest BCUT2D eigenvalue weighted by atomic mass is 9.63. The fourth-order valence-corrected chi connectivity index (χ4v) is 1.74. The molecule has 6 heteroatoms. The second-order valence-corrected chi connectivity index (χ2v) is 3.57. The van der Waals surface area contributed by atoms with Gasteiger partial charge in [0.1, 0.15) is 0 Å². The molecular formula is C7H12BF3O2. The van der Waals surface area contributed by atoms with E-state index < -0.39 is 19.2 Å². The van der Waals surface area contributed by atoms with Crippen molar-refractivity contribution in [1.29, 1.82) is 0 Å². The molecule has 1 saturated carbocycles. The zero-order valence-corrected chi connectivity index (χ0v) is 7.09. The molecule has 0 amide bonds. The first-order valence-electron chi connectivity index (χ1n) is 4.34. The van der Waals surface area contributed by atoms with Crippen molar-refractivity contribution in [2.75, 3.05) is 0 Å². The largest absolute Gasteiger partial charge is 0.454 e. The molecule has 0 aromatic carbocycles. The summed E-state index contributed by atoms with van der Waals surface area (Å²) < 4.78 is 36.4. The van der Waals surface area contributed by atoms with Gasteiger partial charge in [0.15, 0.2) is 0 Å². The van der Waals surface area contributed by atoms with Crippen molar-refractivity contribution in [3.05, 3.63) is 0 Å². The summed E-state index contributed by atoms with van der Waals surface area (Å²) >= 11 is 0. The standard InChI is InChI=1S/C7H12BF3O2/c9-7(10,11)5-1-3-6(4-2-5)8(12)13/h5-6,12-13H,1-4H2. The molecule has 0 radical (unpaired) electrons. The van der Waals surface area contributed by atoms with Crippen LogP contribution in [0.15, 0.2) is 0 Å². The highest BCUT2D eigenvalue weighted by Gasteiger charge is 2.42. The van der Waals surface area contributed by atoms with Crippen LogP contribution < -0.4 is 0 Å². The summed E-state index contributed by atoms with van der Waals surface area (Å²) in [5, 5.41) is 17.5. The SMILES string of the molecule is OB(O)C1CCC(C(F)(F)F)CC1. The molecule has 0 atom stereocenters. The summed E-state index contributed by atoms with van der Waals surface area (Å²) in [6, 6.07) is 0. The maximum absolute atomic E-state index is 12.1. The number of hydrogen-bond donors (Lipinski definition) is 2. The van der Waals surface area contributed by atoms with Crippen molar-refractivity contribution >= 4 is 7.12 Å². The summed E-state index contributed by atoms with van der Waals surface area (Å²) in [6.07, 6.45) is -3.58. The maximum atomic E-state index is 12.1. The Morgan fingerprint density at radius 2 is 1.46 bits per heavy atom. The van der Waals surface area contributed by atoms with Gasteiger partial charge in [0, 0.05) is 0 Å². The second kappa shape index (κ2) is 3.88. The minimum Gasteiger partial charge on any atom is -0.427 e. The van der Waals surface area contributed by atoms with Gasteiger partial charge in [0.25, 0.3) is 0 Å². The third kappa shape index (κ3) is 2.88. The monoisotopic (exact) mass is 196 g/mol. The van der Waals surface area contributed by atoms with E-state index in [1.807, 2.05) is 0 Å². The molecule has 1 fully saturated rings. The number of hydrogen-bond acceptors (Lipinski definition) is 2. The topological polar surface area (TPSA) is 40.5 Å². The van der Waals surface area contributed by atoms with Crippen molar-refractivity contribution in [2.45, 2.75) is 37.7 Å². The fraction of sp³-hybridized carbons (Fsp3) is 1.00. The fourth-order valence-electron chi connectivity index (χ4n) is 1.74. The Morgan fingerprint density at radius 1 is 1.00 bits per heavy atom. The van der Waals surface area contributed by atoms with Crippen LogP contribution in [0.2, 0.25) is 5.82 Å². The summed E-state index contributed by atoms with van der Waals surface area (Å²) in [5.74, 6) is -1.62. The molecule has 1 aliphatic carbocycles. The predicted molar refractivity (Wildman–Crippen MR) is 42.0 cm³/mol. The van der Waals surface area contributed by atoms with Crippen molar-refractivity contribution in [1.82, 2.24) is 0 Å². The molecule has 0 saturated heterocycles. The van der Waals surface area contributed by atoms with E-state index in [0.717, 1.165) is 0 Å². The zero-order valence-electron chi connectivity index (χ0n) is 7.09. The first-order chi connectivity index (χ1) is 5.91. The minimum absolute atomic E-state index is 0.0196. The Morgan fingerprint density at radius 3 is 1.77 bits per heavy atom. The molecular weight excluding hydrogens is 184 g/mol. The van der Waals surface area contributed by atoms with E-state index in [0.29, 0.717) is 0 Å². The Kier molecular flexibility index (Phi) is 3.24. The molecule has 0 aliphatic heterocycles. The summed E-state index contributed by atoms with van der Waals surface area (Å²) in [6.45, 7) is 0. The molecule has 0 aromatic rings. The van der Waals surface area contributed by atoms with Crippen LogP contribution in [0.25, 0.3) is 0 Å². The Balaban J connectivity index is 2.39. The second-order valence-electron chi connectivity index (χ2n) is 3.57. The van der Waals surface area contributed by atoms with E-state index >= 15 is 0 Å². The lowest BCUT2D eigenvalue weighted by Crippen LogP contribution is -2.31. The van der Waals surface area contributed by atoms with Crippen LogP contribution in [0.4, 0.5) is 13.2 Å². The van der Waals surface area contributed by atoms with Gasteiger partial charge in [-0.3, -0.25) is 0 Å². The normalized spacial score (nSPS) is 30.2. The van der Waals surface area contributed by atoms with Gasteiger partial charge < -0.3 is 10.0 Å². The van der Waals surface area contributed by atoms with Gasteiger partial charge in [-0.2, -0.15) is 13.2 Å². The van der Waals surface area contributed by atoms with E-state index in [2.05, 4.69) is 0 Å². The molecule has 1 rings (SSSR count). The third-order valence-corrected chi connectivity index (χ3v) is 2.66. The van der Waals surface area contributed by atoms with Crippen LogP contribution in [0, 0.1) is 5.92 Å². The van der Waals surface area contributed by atoms with Crippen LogP contribution in [-0.2, 0) is 0 Å². The average molecular weight is 196 g/mol.